The predicted molar refractivity (Wildman–Crippen MR) is 80.8 cm³/mol. The summed E-state index contributed by atoms with van der Waals surface area (Å²) in [7, 11) is 1.41. The average Bonchev–Trinajstić information content (AvgIpc) is 2.65. The molecule has 0 fully saturated rings. The van der Waals surface area contributed by atoms with Crippen molar-refractivity contribution in [1.29, 1.82) is 0 Å². The molecule has 0 atom stereocenters. The number of methoxy groups -OCH3 is 1. The molecule has 0 spiro atoms. The Bertz CT molecular complexity index is 627. The second-order valence-electron chi connectivity index (χ2n) is 4.61. The van der Waals surface area contributed by atoms with Crippen LogP contribution in [-0.2, 0) is 9.53 Å². The van der Waals surface area contributed by atoms with Crippen molar-refractivity contribution >= 4 is 29.5 Å². The first-order chi connectivity index (χ1) is 9.79. The van der Waals surface area contributed by atoms with Crippen molar-refractivity contribution in [2.45, 2.75) is 0 Å². The first-order valence-electron chi connectivity index (χ1n) is 6.50. The van der Waals surface area contributed by atoms with E-state index in [1.54, 1.807) is 0 Å². The molecule has 3 heteroatoms. The van der Waals surface area contributed by atoms with Gasteiger partial charge in [0.25, 0.3) is 0 Å². The topological polar surface area (TPSA) is 29.5 Å². The van der Waals surface area contributed by atoms with E-state index in [0.29, 0.717) is 0 Å². The van der Waals surface area contributed by atoms with Gasteiger partial charge in [-0.25, -0.2) is 0 Å². The molecule has 3 nitrogen and oxygen atoms in total. The van der Waals surface area contributed by atoms with Gasteiger partial charge in [0, 0.05) is 11.4 Å². The molecular formula is C17H15NO2. The fourth-order valence-electron chi connectivity index (χ4n) is 2.42. The number of hydrogen-bond donors (Lipinski definition) is 0. The fourth-order valence-corrected chi connectivity index (χ4v) is 2.42. The van der Waals surface area contributed by atoms with E-state index in [4.69, 9.17) is 4.74 Å². The molecule has 0 radical (unpaired) electrons. The third-order valence-electron chi connectivity index (χ3n) is 3.41. The van der Waals surface area contributed by atoms with E-state index >= 15 is 0 Å². The number of benzene rings is 2. The molecule has 0 bridgehead atoms. The zero-order chi connectivity index (χ0) is 13.9. The SMILES string of the molecule is COC(=O)CN1c2ccccc2C=Cc2ccccc21. The van der Waals surface area contributed by atoms with Crippen molar-refractivity contribution in [3.63, 3.8) is 0 Å². The van der Waals surface area contributed by atoms with E-state index in [0.717, 1.165) is 22.5 Å². The van der Waals surface area contributed by atoms with E-state index in [-0.39, 0.29) is 12.5 Å². The van der Waals surface area contributed by atoms with E-state index in [9.17, 15) is 4.79 Å². The molecular weight excluding hydrogens is 250 g/mol. The van der Waals surface area contributed by atoms with Gasteiger partial charge in [0.2, 0.25) is 0 Å². The second kappa shape index (κ2) is 5.21. The third kappa shape index (κ3) is 2.18. The van der Waals surface area contributed by atoms with Gasteiger partial charge in [0.15, 0.2) is 0 Å². The van der Waals surface area contributed by atoms with Crippen LogP contribution in [0.2, 0.25) is 0 Å². The minimum atomic E-state index is -0.253. The number of hydrogen-bond acceptors (Lipinski definition) is 3. The highest BCUT2D eigenvalue weighted by molar-refractivity contribution is 5.91. The number of rotatable bonds is 2. The summed E-state index contributed by atoms with van der Waals surface area (Å²) in [4.78, 5) is 13.7. The van der Waals surface area contributed by atoms with Crippen LogP contribution in [0.1, 0.15) is 11.1 Å². The molecule has 0 aliphatic carbocycles. The Morgan fingerprint density at radius 1 is 0.950 bits per heavy atom. The summed E-state index contributed by atoms with van der Waals surface area (Å²) in [6, 6.07) is 16.1. The number of esters is 1. The Kier molecular flexibility index (Phi) is 3.25. The third-order valence-corrected chi connectivity index (χ3v) is 3.41. The summed E-state index contributed by atoms with van der Waals surface area (Å²) < 4.78 is 4.82. The second-order valence-corrected chi connectivity index (χ2v) is 4.61. The van der Waals surface area contributed by atoms with Crippen LogP contribution in [-0.4, -0.2) is 19.6 Å². The molecule has 1 heterocycles. The number of carbonyl (C=O) groups is 1. The van der Waals surface area contributed by atoms with Gasteiger partial charge >= 0.3 is 5.97 Å². The molecule has 20 heavy (non-hydrogen) atoms. The van der Waals surface area contributed by atoms with E-state index < -0.39 is 0 Å². The molecule has 1 aliphatic heterocycles. The van der Waals surface area contributed by atoms with E-state index in [1.807, 2.05) is 53.4 Å². The van der Waals surface area contributed by atoms with Crippen LogP contribution in [0.5, 0.6) is 0 Å². The molecule has 3 rings (SSSR count). The van der Waals surface area contributed by atoms with E-state index in [1.165, 1.54) is 7.11 Å². The van der Waals surface area contributed by atoms with Gasteiger partial charge < -0.3 is 9.64 Å². The van der Waals surface area contributed by atoms with Gasteiger partial charge in [0.1, 0.15) is 6.54 Å². The zero-order valence-electron chi connectivity index (χ0n) is 11.2. The van der Waals surface area contributed by atoms with Crippen LogP contribution in [0.3, 0.4) is 0 Å². The highest BCUT2D eigenvalue weighted by Crippen LogP contribution is 2.35. The summed E-state index contributed by atoms with van der Waals surface area (Å²) >= 11 is 0. The lowest BCUT2D eigenvalue weighted by Crippen LogP contribution is -2.26. The molecule has 0 saturated carbocycles. The van der Waals surface area contributed by atoms with Gasteiger partial charge in [-0.1, -0.05) is 48.6 Å². The normalized spacial score (nSPS) is 12.3. The summed E-state index contributed by atoms with van der Waals surface area (Å²) in [6.07, 6.45) is 4.15. The molecule has 0 amide bonds. The number of anilines is 2. The van der Waals surface area contributed by atoms with Crippen LogP contribution >= 0.6 is 0 Å². The highest BCUT2D eigenvalue weighted by Gasteiger charge is 2.20. The first-order valence-corrected chi connectivity index (χ1v) is 6.50. The molecule has 0 N–H and O–H groups in total. The highest BCUT2D eigenvalue weighted by atomic mass is 16.5. The lowest BCUT2D eigenvalue weighted by atomic mass is 10.1. The Labute approximate surface area is 118 Å². The van der Waals surface area contributed by atoms with Crippen LogP contribution in [0.25, 0.3) is 12.2 Å². The fraction of sp³-hybridized carbons (Fsp3) is 0.118. The average molecular weight is 265 g/mol. The van der Waals surface area contributed by atoms with Crippen molar-refractivity contribution in [3.05, 3.63) is 59.7 Å². The molecule has 0 saturated heterocycles. The van der Waals surface area contributed by atoms with Crippen LogP contribution in [0.15, 0.2) is 48.5 Å². The monoisotopic (exact) mass is 265 g/mol. The lowest BCUT2D eigenvalue weighted by Gasteiger charge is -2.25. The summed E-state index contributed by atoms with van der Waals surface area (Å²) in [5, 5.41) is 0. The van der Waals surface area contributed by atoms with Crippen molar-refractivity contribution < 1.29 is 9.53 Å². The number of carbonyl (C=O) groups excluding carboxylic acids is 1. The van der Waals surface area contributed by atoms with Gasteiger partial charge in [-0.3, -0.25) is 4.79 Å². The lowest BCUT2D eigenvalue weighted by molar-refractivity contribution is -0.138. The maximum Gasteiger partial charge on any atom is 0.325 e. The van der Waals surface area contributed by atoms with Crippen LogP contribution in [0, 0.1) is 0 Å². The number of nitrogens with zero attached hydrogens (tertiary/aromatic N) is 1. The smallest absolute Gasteiger partial charge is 0.325 e. The predicted octanol–water partition coefficient (Wildman–Crippen LogP) is 3.48. The Morgan fingerprint density at radius 2 is 1.45 bits per heavy atom. The standard InChI is InChI=1S/C17H15NO2/c1-20-17(19)12-18-15-8-4-2-6-13(15)10-11-14-7-3-5-9-16(14)18/h2-11H,12H2,1H3. The first kappa shape index (κ1) is 12.5. The molecule has 0 aromatic heterocycles. The van der Waals surface area contributed by atoms with Gasteiger partial charge in [-0.15, -0.1) is 0 Å². The minimum absolute atomic E-state index is 0.201. The zero-order valence-corrected chi connectivity index (χ0v) is 11.2. The van der Waals surface area contributed by atoms with Gasteiger partial charge in [0.05, 0.1) is 7.11 Å². The summed E-state index contributed by atoms with van der Waals surface area (Å²) in [5.41, 5.74) is 4.21. The van der Waals surface area contributed by atoms with Crippen molar-refractivity contribution in [2.24, 2.45) is 0 Å². The van der Waals surface area contributed by atoms with Crippen LogP contribution in [0.4, 0.5) is 11.4 Å². The maximum absolute atomic E-state index is 11.7. The van der Waals surface area contributed by atoms with Crippen molar-refractivity contribution in [1.82, 2.24) is 0 Å². The Hall–Kier alpha value is -2.55. The quantitative estimate of drug-likeness (QED) is 0.778. The van der Waals surface area contributed by atoms with Crippen molar-refractivity contribution in [2.75, 3.05) is 18.6 Å². The summed E-state index contributed by atoms with van der Waals surface area (Å²) in [6.45, 7) is 0.201. The maximum atomic E-state index is 11.7. The number of ether oxygens (including phenoxy) is 1. The van der Waals surface area contributed by atoms with E-state index in [2.05, 4.69) is 12.2 Å². The molecule has 2 aromatic rings. The minimum Gasteiger partial charge on any atom is -0.468 e. The Morgan fingerprint density at radius 3 is 1.95 bits per heavy atom. The van der Waals surface area contributed by atoms with Gasteiger partial charge in [-0.2, -0.15) is 0 Å². The number of fused-ring (bicyclic) bond motifs is 2. The number of para-hydroxylation sites is 2. The summed E-state index contributed by atoms with van der Waals surface area (Å²) in [5.74, 6) is -0.253. The Balaban J connectivity index is 2.15. The van der Waals surface area contributed by atoms with Crippen LogP contribution < -0.4 is 4.90 Å². The molecule has 1 aliphatic rings. The van der Waals surface area contributed by atoms with Crippen molar-refractivity contribution in [3.8, 4) is 0 Å². The molecule has 2 aromatic carbocycles. The molecule has 0 unspecified atom stereocenters. The molecule has 100 valence electrons. The largest absolute Gasteiger partial charge is 0.468 e. The van der Waals surface area contributed by atoms with Gasteiger partial charge in [-0.05, 0) is 23.3 Å².